The van der Waals surface area contributed by atoms with Gasteiger partial charge in [-0.25, -0.2) is 0 Å². The Morgan fingerprint density at radius 1 is 1.29 bits per heavy atom. The highest BCUT2D eigenvalue weighted by Gasteiger charge is 2.14. The van der Waals surface area contributed by atoms with Crippen molar-refractivity contribution in [1.29, 1.82) is 0 Å². The molecule has 2 aromatic carbocycles. The van der Waals surface area contributed by atoms with Crippen molar-refractivity contribution in [3.05, 3.63) is 62.4 Å². The number of carbonyl (C=O) groups is 1. The summed E-state index contributed by atoms with van der Waals surface area (Å²) >= 11 is 13.8. The lowest BCUT2D eigenvalue weighted by Crippen LogP contribution is -2.17. The molecular weight excluding hydrogens is 363 g/mol. The Morgan fingerprint density at radius 2 is 2.04 bits per heavy atom. The predicted molar refractivity (Wildman–Crippen MR) is 99.7 cm³/mol. The molecule has 0 fully saturated rings. The number of nitrogens with zero attached hydrogens (tertiary/aromatic N) is 2. The minimum atomic E-state index is -0.312. The molecule has 6 heteroatoms. The van der Waals surface area contributed by atoms with Crippen LogP contribution in [0, 0.1) is 19.3 Å². The summed E-state index contributed by atoms with van der Waals surface area (Å²) in [7, 11) is 0. The van der Waals surface area contributed by atoms with Crippen molar-refractivity contribution >= 4 is 50.7 Å². The van der Waals surface area contributed by atoms with Gasteiger partial charge in [0.05, 0.1) is 26.8 Å². The highest BCUT2D eigenvalue weighted by Crippen LogP contribution is 2.32. The molecule has 0 saturated carbocycles. The van der Waals surface area contributed by atoms with E-state index >= 15 is 0 Å². The number of hydrogen-bond donors (Lipinski definition) is 0. The van der Waals surface area contributed by atoms with E-state index in [1.165, 1.54) is 11.3 Å². The first kappa shape index (κ1) is 16.8. The Labute approximate surface area is 153 Å². The highest BCUT2D eigenvalue weighted by atomic mass is 35.5. The maximum Gasteiger partial charge on any atom is 0.279 e. The van der Waals surface area contributed by atoms with Crippen LogP contribution in [0.3, 0.4) is 0 Å². The monoisotopic (exact) mass is 374 g/mol. The van der Waals surface area contributed by atoms with Crippen LogP contribution >= 0.6 is 34.5 Å². The summed E-state index contributed by atoms with van der Waals surface area (Å²) in [5.41, 5.74) is 2.13. The topological polar surface area (TPSA) is 34.4 Å². The zero-order valence-electron chi connectivity index (χ0n) is 12.7. The fourth-order valence-electron chi connectivity index (χ4n) is 2.39. The van der Waals surface area contributed by atoms with E-state index in [0.717, 1.165) is 10.3 Å². The van der Waals surface area contributed by atoms with Gasteiger partial charge in [0.15, 0.2) is 4.80 Å². The standard InChI is InChI=1S/C18H12Cl2N2OS/c1-3-10-22-16-14(9-8-13(19)15(16)20)24-18(22)21-17(23)12-7-5-4-6-11(12)2/h1,4-9H,10H2,2H3. The SMILES string of the molecule is C#CCn1c(=NC(=O)c2ccccc2C)sc2ccc(Cl)c(Cl)c21. The second-order valence-corrected chi connectivity index (χ2v) is 6.91. The van der Waals surface area contributed by atoms with E-state index in [1.54, 1.807) is 16.7 Å². The van der Waals surface area contributed by atoms with Gasteiger partial charge >= 0.3 is 0 Å². The van der Waals surface area contributed by atoms with Crippen LogP contribution < -0.4 is 4.80 Å². The molecule has 1 aromatic heterocycles. The summed E-state index contributed by atoms with van der Waals surface area (Å²) in [5.74, 6) is 2.26. The molecule has 3 nitrogen and oxygen atoms in total. The first-order valence-corrected chi connectivity index (χ1v) is 8.65. The maximum atomic E-state index is 12.5. The van der Waals surface area contributed by atoms with Gasteiger partial charge in [-0.15, -0.1) is 6.42 Å². The molecule has 3 aromatic rings. The number of terminal acetylenes is 1. The molecule has 3 rings (SSSR count). The Kier molecular flexibility index (Phi) is 4.77. The number of rotatable bonds is 2. The molecule has 0 aliphatic carbocycles. The van der Waals surface area contributed by atoms with Crippen LogP contribution in [0.2, 0.25) is 10.0 Å². The maximum absolute atomic E-state index is 12.5. The van der Waals surface area contributed by atoms with Crippen LogP contribution in [-0.2, 0) is 6.54 Å². The Bertz CT molecular complexity index is 1060. The summed E-state index contributed by atoms with van der Waals surface area (Å²) in [6, 6.07) is 10.9. The first-order valence-electron chi connectivity index (χ1n) is 7.08. The highest BCUT2D eigenvalue weighted by molar-refractivity contribution is 7.16. The van der Waals surface area contributed by atoms with Gasteiger partial charge in [-0.3, -0.25) is 4.79 Å². The van der Waals surface area contributed by atoms with Crippen molar-refractivity contribution in [3.8, 4) is 12.3 Å². The lowest BCUT2D eigenvalue weighted by atomic mass is 10.1. The van der Waals surface area contributed by atoms with E-state index in [-0.39, 0.29) is 12.5 Å². The van der Waals surface area contributed by atoms with E-state index in [0.29, 0.717) is 25.9 Å². The fraction of sp³-hybridized carbons (Fsp3) is 0.111. The number of carbonyl (C=O) groups excluding carboxylic acids is 1. The quantitative estimate of drug-likeness (QED) is 0.599. The number of amides is 1. The summed E-state index contributed by atoms with van der Waals surface area (Å²) in [6.45, 7) is 2.12. The number of fused-ring (bicyclic) bond motifs is 1. The summed E-state index contributed by atoms with van der Waals surface area (Å²) < 4.78 is 2.61. The molecule has 1 heterocycles. The third-order valence-electron chi connectivity index (χ3n) is 3.56. The molecule has 0 unspecified atom stereocenters. The summed E-state index contributed by atoms with van der Waals surface area (Å²) in [5, 5.41) is 0.843. The molecule has 0 saturated heterocycles. The molecule has 0 spiro atoms. The zero-order chi connectivity index (χ0) is 17.3. The molecular formula is C18H12Cl2N2OS. The summed E-state index contributed by atoms with van der Waals surface area (Å²) in [4.78, 5) is 17.3. The lowest BCUT2D eigenvalue weighted by molar-refractivity contribution is 0.0997. The average molecular weight is 375 g/mol. The van der Waals surface area contributed by atoms with Gasteiger partial charge in [-0.05, 0) is 30.7 Å². The number of thiazole rings is 1. The van der Waals surface area contributed by atoms with Crippen molar-refractivity contribution in [1.82, 2.24) is 4.57 Å². The van der Waals surface area contributed by atoms with Gasteiger partial charge in [0.25, 0.3) is 5.91 Å². The van der Waals surface area contributed by atoms with Gasteiger partial charge in [0.2, 0.25) is 0 Å². The molecule has 0 bridgehead atoms. The summed E-state index contributed by atoms with van der Waals surface area (Å²) in [6.07, 6.45) is 5.46. The molecule has 0 aliphatic heterocycles. The van der Waals surface area contributed by atoms with Crippen LogP contribution in [-0.4, -0.2) is 10.5 Å². The van der Waals surface area contributed by atoms with Crippen molar-refractivity contribution < 1.29 is 4.79 Å². The fourth-order valence-corrected chi connectivity index (χ4v) is 3.90. The van der Waals surface area contributed by atoms with Crippen molar-refractivity contribution in [3.63, 3.8) is 0 Å². The van der Waals surface area contributed by atoms with E-state index in [2.05, 4.69) is 10.9 Å². The van der Waals surface area contributed by atoms with Crippen molar-refractivity contribution in [2.45, 2.75) is 13.5 Å². The number of aromatic nitrogens is 1. The number of hydrogen-bond acceptors (Lipinski definition) is 2. The molecule has 0 atom stereocenters. The molecule has 1 amide bonds. The minimum Gasteiger partial charge on any atom is -0.303 e. The van der Waals surface area contributed by atoms with Crippen LogP contribution in [0.5, 0.6) is 0 Å². The van der Waals surface area contributed by atoms with Crippen molar-refractivity contribution in [2.24, 2.45) is 4.99 Å². The predicted octanol–water partition coefficient (Wildman–Crippen LogP) is 4.69. The molecule has 120 valence electrons. The normalized spacial score (nSPS) is 11.7. The van der Waals surface area contributed by atoms with Crippen LogP contribution in [0.15, 0.2) is 41.4 Å². The minimum absolute atomic E-state index is 0.250. The van der Waals surface area contributed by atoms with Gasteiger partial charge in [0.1, 0.15) is 0 Å². The van der Waals surface area contributed by atoms with E-state index in [4.69, 9.17) is 29.6 Å². The number of aryl methyl sites for hydroxylation is 1. The van der Waals surface area contributed by atoms with Gasteiger partial charge < -0.3 is 4.57 Å². The molecule has 0 aliphatic rings. The number of halogens is 2. The van der Waals surface area contributed by atoms with Crippen molar-refractivity contribution in [2.75, 3.05) is 0 Å². The Balaban J connectivity index is 2.24. The van der Waals surface area contributed by atoms with E-state index in [1.807, 2.05) is 31.2 Å². The zero-order valence-corrected chi connectivity index (χ0v) is 15.0. The van der Waals surface area contributed by atoms with Gasteiger partial charge in [-0.2, -0.15) is 4.99 Å². The lowest BCUT2D eigenvalue weighted by Gasteiger charge is -2.03. The molecule has 24 heavy (non-hydrogen) atoms. The van der Waals surface area contributed by atoms with E-state index in [9.17, 15) is 4.79 Å². The Morgan fingerprint density at radius 3 is 2.75 bits per heavy atom. The van der Waals surface area contributed by atoms with Crippen LogP contribution in [0.1, 0.15) is 15.9 Å². The second-order valence-electron chi connectivity index (χ2n) is 5.11. The molecule has 0 N–H and O–H groups in total. The van der Waals surface area contributed by atoms with Crippen LogP contribution in [0.4, 0.5) is 0 Å². The van der Waals surface area contributed by atoms with Gasteiger partial charge in [0, 0.05) is 5.56 Å². The van der Waals surface area contributed by atoms with Gasteiger partial charge in [-0.1, -0.05) is 58.7 Å². The van der Waals surface area contributed by atoms with E-state index < -0.39 is 0 Å². The molecule has 0 radical (unpaired) electrons. The largest absolute Gasteiger partial charge is 0.303 e. The smallest absolute Gasteiger partial charge is 0.279 e. The Hall–Kier alpha value is -2.06. The average Bonchev–Trinajstić information content (AvgIpc) is 2.90. The third kappa shape index (κ3) is 2.99. The second kappa shape index (κ2) is 6.82. The van der Waals surface area contributed by atoms with Crippen LogP contribution in [0.25, 0.3) is 10.2 Å². The number of benzene rings is 2. The first-order chi connectivity index (χ1) is 11.5. The third-order valence-corrected chi connectivity index (χ3v) is 5.39.